The summed E-state index contributed by atoms with van der Waals surface area (Å²) in [5, 5.41) is 12.4. The Balaban J connectivity index is 1.96. The molecule has 140 valence electrons. The van der Waals surface area contributed by atoms with E-state index in [0.29, 0.717) is 17.5 Å². The van der Waals surface area contributed by atoms with E-state index in [4.69, 9.17) is 0 Å². The minimum Gasteiger partial charge on any atom is -0.355 e. The van der Waals surface area contributed by atoms with Crippen LogP contribution >= 0.6 is 11.8 Å². The van der Waals surface area contributed by atoms with Crippen LogP contribution < -0.4 is 5.32 Å². The van der Waals surface area contributed by atoms with Gasteiger partial charge in [0.1, 0.15) is 0 Å². The molecule has 1 amide bonds. The second kappa shape index (κ2) is 8.86. The van der Waals surface area contributed by atoms with Gasteiger partial charge in [-0.2, -0.15) is 0 Å². The van der Waals surface area contributed by atoms with E-state index < -0.39 is 0 Å². The highest BCUT2D eigenvalue weighted by Crippen LogP contribution is 2.28. The van der Waals surface area contributed by atoms with Crippen molar-refractivity contribution in [2.75, 3.05) is 12.3 Å². The van der Waals surface area contributed by atoms with Crippen molar-refractivity contribution in [1.29, 1.82) is 0 Å². The molecule has 3 rings (SSSR count). The van der Waals surface area contributed by atoms with Crippen molar-refractivity contribution in [1.82, 2.24) is 20.1 Å². The van der Waals surface area contributed by atoms with Crippen molar-refractivity contribution < 1.29 is 4.79 Å². The normalized spacial score (nSPS) is 10.8. The standard InChI is InChI=1S/C21H24N4OS/c1-4-12-22-19(26)14-27-21-24-23-20(17-7-5-6-16(3)13-17)25(21)18-10-8-15(2)9-11-18/h5-11,13H,4,12,14H2,1-3H3,(H,22,26). The summed E-state index contributed by atoms with van der Waals surface area (Å²) in [5.41, 5.74) is 4.35. The summed E-state index contributed by atoms with van der Waals surface area (Å²) in [5.74, 6) is 1.11. The molecule has 0 fully saturated rings. The largest absolute Gasteiger partial charge is 0.355 e. The molecule has 1 heterocycles. The summed E-state index contributed by atoms with van der Waals surface area (Å²) in [6, 6.07) is 16.4. The van der Waals surface area contributed by atoms with Crippen molar-refractivity contribution in [2.24, 2.45) is 0 Å². The molecule has 27 heavy (non-hydrogen) atoms. The number of aromatic nitrogens is 3. The topological polar surface area (TPSA) is 59.8 Å². The summed E-state index contributed by atoms with van der Waals surface area (Å²) in [6.45, 7) is 6.85. The van der Waals surface area contributed by atoms with Gasteiger partial charge in [0, 0.05) is 17.8 Å². The molecule has 0 unspecified atom stereocenters. The van der Waals surface area contributed by atoms with Gasteiger partial charge in [-0.3, -0.25) is 9.36 Å². The first-order valence-corrected chi connectivity index (χ1v) is 10.1. The van der Waals surface area contributed by atoms with Gasteiger partial charge in [-0.05, 0) is 38.5 Å². The molecule has 2 aromatic carbocycles. The van der Waals surface area contributed by atoms with E-state index in [1.807, 2.05) is 23.6 Å². The highest BCUT2D eigenvalue weighted by Gasteiger charge is 2.17. The average molecular weight is 381 g/mol. The Morgan fingerprint density at radius 1 is 1.07 bits per heavy atom. The Kier molecular flexibility index (Phi) is 6.29. The van der Waals surface area contributed by atoms with E-state index in [9.17, 15) is 4.79 Å². The molecule has 1 aromatic heterocycles. The molecule has 6 heteroatoms. The fourth-order valence-electron chi connectivity index (χ4n) is 2.71. The number of amides is 1. The zero-order chi connectivity index (χ0) is 19.2. The second-order valence-corrected chi connectivity index (χ2v) is 7.43. The number of nitrogens with zero attached hydrogens (tertiary/aromatic N) is 3. The SMILES string of the molecule is CCCNC(=O)CSc1nnc(-c2cccc(C)c2)n1-c1ccc(C)cc1. The van der Waals surface area contributed by atoms with Gasteiger partial charge in [0.05, 0.1) is 5.75 Å². The van der Waals surface area contributed by atoms with Crippen molar-refractivity contribution in [3.63, 3.8) is 0 Å². The van der Waals surface area contributed by atoms with Gasteiger partial charge in [-0.25, -0.2) is 0 Å². The molecule has 3 aromatic rings. The maximum atomic E-state index is 12.0. The molecule has 1 N–H and O–H groups in total. The van der Waals surface area contributed by atoms with Crippen LogP contribution in [0, 0.1) is 13.8 Å². The van der Waals surface area contributed by atoms with Crippen LogP contribution in [0.2, 0.25) is 0 Å². The number of carbonyl (C=O) groups excluding carboxylic acids is 1. The summed E-state index contributed by atoms with van der Waals surface area (Å²) in [4.78, 5) is 12.0. The maximum absolute atomic E-state index is 12.0. The van der Waals surface area contributed by atoms with Crippen molar-refractivity contribution in [3.05, 3.63) is 59.7 Å². The predicted octanol–water partition coefficient (Wildman–Crippen LogP) is 4.17. The summed E-state index contributed by atoms with van der Waals surface area (Å²) >= 11 is 1.40. The molecule has 0 aliphatic heterocycles. The number of aryl methyl sites for hydroxylation is 2. The number of nitrogens with one attached hydrogen (secondary N) is 1. The van der Waals surface area contributed by atoms with Crippen molar-refractivity contribution in [2.45, 2.75) is 32.3 Å². The Morgan fingerprint density at radius 2 is 1.85 bits per heavy atom. The third-order valence-corrected chi connectivity index (χ3v) is 5.04. The molecule has 0 spiro atoms. The molecular weight excluding hydrogens is 356 g/mol. The maximum Gasteiger partial charge on any atom is 0.230 e. The Bertz CT molecular complexity index is 918. The van der Waals surface area contributed by atoms with Crippen LogP contribution in [-0.2, 0) is 4.79 Å². The number of carbonyl (C=O) groups is 1. The van der Waals surface area contributed by atoms with Gasteiger partial charge in [0.25, 0.3) is 0 Å². The van der Waals surface area contributed by atoms with Crippen molar-refractivity contribution in [3.8, 4) is 17.1 Å². The summed E-state index contributed by atoms with van der Waals surface area (Å²) in [7, 11) is 0. The Hall–Kier alpha value is -2.60. The molecule has 0 saturated heterocycles. The highest BCUT2D eigenvalue weighted by atomic mass is 32.2. The minimum atomic E-state index is 0.0115. The fraction of sp³-hybridized carbons (Fsp3) is 0.286. The molecule has 0 radical (unpaired) electrons. The van der Waals surface area contributed by atoms with Crippen LogP contribution in [0.25, 0.3) is 17.1 Å². The zero-order valence-electron chi connectivity index (χ0n) is 15.9. The fourth-order valence-corrected chi connectivity index (χ4v) is 3.49. The van der Waals surface area contributed by atoms with Crippen LogP contribution in [0.3, 0.4) is 0 Å². The molecule has 0 atom stereocenters. The third kappa shape index (κ3) is 4.77. The quantitative estimate of drug-likeness (QED) is 0.625. The number of hydrogen-bond donors (Lipinski definition) is 1. The van der Waals surface area contributed by atoms with Crippen LogP contribution in [-0.4, -0.2) is 33.0 Å². The summed E-state index contributed by atoms with van der Waals surface area (Å²) < 4.78 is 2.02. The van der Waals surface area contributed by atoms with E-state index in [0.717, 1.165) is 23.5 Å². The van der Waals surface area contributed by atoms with Gasteiger partial charge in [-0.15, -0.1) is 10.2 Å². The van der Waals surface area contributed by atoms with Gasteiger partial charge >= 0.3 is 0 Å². The van der Waals surface area contributed by atoms with E-state index >= 15 is 0 Å². The van der Waals surface area contributed by atoms with Crippen LogP contribution in [0.4, 0.5) is 0 Å². The number of benzene rings is 2. The van der Waals surface area contributed by atoms with Crippen LogP contribution in [0.5, 0.6) is 0 Å². The lowest BCUT2D eigenvalue weighted by atomic mass is 10.1. The van der Waals surface area contributed by atoms with E-state index in [2.05, 4.69) is 65.8 Å². The summed E-state index contributed by atoms with van der Waals surface area (Å²) in [6.07, 6.45) is 0.924. The molecular formula is C21H24N4OS. The first-order valence-electron chi connectivity index (χ1n) is 9.07. The minimum absolute atomic E-state index is 0.0115. The Morgan fingerprint density at radius 3 is 2.56 bits per heavy atom. The average Bonchev–Trinajstić information content (AvgIpc) is 3.09. The first-order chi connectivity index (χ1) is 13.1. The third-order valence-electron chi connectivity index (χ3n) is 4.11. The molecule has 0 aliphatic rings. The molecule has 5 nitrogen and oxygen atoms in total. The lowest BCUT2D eigenvalue weighted by molar-refractivity contribution is -0.118. The first kappa shape index (κ1) is 19.2. The number of thioether (sulfide) groups is 1. The zero-order valence-corrected chi connectivity index (χ0v) is 16.7. The molecule has 0 bridgehead atoms. The monoisotopic (exact) mass is 380 g/mol. The molecule has 0 saturated carbocycles. The smallest absolute Gasteiger partial charge is 0.230 e. The molecule has 0 aliphatic carbocycles. The van der Waals surface area contributed by atoms with Crippen LogP contribution in [0.15, 0.2) is 53.7 Å². The van der Waals surface area contributed by atoms with E-state index in [-0.39, 0.29) is 5.91 Å². The number of rotatable bonds is 7. The highest BCUT2D eigenvalue weighted by molar-refractivity contribution is 7.99. The lowest BCUT2D eigenvalue weighted by Gasteiger charge is -2.11. The van der Waals surface area contributed by atoms with Gasteiger partial charge in [0.2, 0.25) is 5.91 Å². The van der Waals surface area contributed by atoms with Crippen molar-refractivity contribution >= 4 is 17.7 Å². The predicted molar refractivity (Wildman–Crippen MR) is 110 cm³/mol. The number of hydrogen-bond acceptors (Lipinski definition) is 4. The van der Waals surface area contributed by atoms with Crippen LogP contribution in [0.1, 0.15) is 24.5 Å². The van der Waals surface area contributed by atoms with Gasteiger partial charge in [0.15, 0.2) is 11.0 Å². The van der Waals surface area contributed by atoms with Gasteiger partial charge < -0.3 is 5.32 Å². The second-order valence-electron chi connectivity index (χ2n) is 6.49. The van der Waals surface area contributed by atoms with Gasteiger partial charge in [-0.1, -0.05) is 60.1 Å². The lowest BCUT2D eigenvalue weighted by Crippen LogP contribution is -2.25. The van der Waals surface area contributed by atoms with E-state index in [1.165, 1.54) is 22.9 Å². The Labute approximate surface area is 164 Å². The van der Waals surface area contributed by atoms with E-state index in [1.54, 1.807) is 0 Å².